The molecule has 2 rings (SSSR count). The van der Waals surface area contributed by atoms with E-state index >= 15 is 0 Å². The lowest BCUT2D eigenvalue weighted by Gasteiger charge is -2.14. The first-order valence-corrected chi connectivity index (χ1v) is 6.86. The predicted octanol–water partition coefficient (Wildman–Crippen LogP) is 2.14. The Hall–Kier alpha value is -1.78. The molecule has 0 unspecified atom stereocenters. The molecule has 0 amide bonds. The zero-order chi connectivity index (χ0) is 14.4. The highest BCUT2D eigenvalue weighted by atomic mass is 15.0. The van der Waals surface area contributed by atoms with Crippen LogP contribution >= 0.6 is 0 Å². The topological polar surface area (TPSA) is 41.1 Å². The van der Waals surface area contributed by atoms with Crippen molar-refractivity contribution in [3.63, 3.8) is 0 Å². The molecule has 0 saturated carbocycles. The Morgan fingerprint density at radius 3 is 2.50 bits per heavy atom. The monoisotopic (exact) mass is 270 g/mol. The molecular formula is C16H22N4. The fourth-order valence-corrected chi connectivity index (χ4v) is 2.15. The second-order valence-electron chi connectivity index (χ2n) is 5.21. The minimum absolute atomic E-state index is 0.764. The Balaban J connectivity index is 1.94. The molecule has 0 saturated heterocycles. The SMILES string of the molecule is Cc1nccc(CNCc2ccccc2CN(C)C)n1. The van der Waals surface area contributed by atoms with Crippen LogP contribution < -0.4 is 5.32 Å². The van der Waals surface area contributed by atoms with Gasteiger partial charge in [0.2, 0.25) is 0 Å². The van der Waals surface area contributed by atoms with Crippen LogP contribution in [0.4, 0.5) is 0 Å². The van der Waals surface area contributed by atoms with Crippen LogP contribution in [0, 0.1) is 6.92 Å². The van der Waals surface area contributed by atoms with Crippen LogP contribution in [0.2, 0.25) is 0 Å². The Bertz CT molecular complexity index is 552. The highest BCUT2D eigenvalue weighted by Gasteiger charge is 2.03. The summed E-state index contributed by atoms with van der Waals surface area (Å²) in [5, 5.41) is 3.45. The molecule has 0 spiro atoms. The van der Waals surface area contributed by atoms with Crippen LogP contribution in [0.1, 0.15) is 22.6 Å². The summed E-state index contributed by atoms with van der Waals surface area (Å²) in [7, 11) is 4.18. The number of aryl methyl sites for hydroxylation is 1. The van der Waals surface area contributed by atoms with Gasteiger partial charge in [-0.15, -0.1) is 0 Å². The van der Waals surface area contributed by atoms with Gasteiger partial charge in [0, 0.05) is 25.8 Å². The summed E-state index contributed by atoms with van der Waals surface area (Å²) in [6, 6.07) is 10.5. The summed E-state index contributed by atoms with van der Waals surface area (Å²) in [5.74, 6) is 0.817. The van der Waals surface area contributed by atoms with Gasteiger partial charge in [-0.1, -0.05) is 24.3 Å². The third kappa shape index (κ3) is 4.40. The van der Waals surface area contributed by atoms with Gasteiger partial charge in [-0.2, -0.15) is 0 Å². The van der Waals surface area contributed by atoms with E-state index in [-0.39, 0.29) is 0 Å². The largest absolute Gasteiger partial charge is 0.307 e. The molecule has 0 aliphatic rings. The van der Waals surface area contributed by atoms with E-state index in [1.807, 2.05) is 13.0 Å². The molecule has 0 radical (unpaired) electrons. The van der Waals surface area contributed by atoms with Crippen LogP contribution in [-0.4, -0.2) is 29.0 Å². The maximum atomic E-state index is 4.39. The van der Waals surface area contributed by atoms with E-state index in [4.69, 9.17) is 0 Å². The fourth-order valence-electron chi connectivity index (χ4n) is 2.15. The fraction of sp³-hybridized carbons (Fsp3) is 0.375. The van der Waals surface area contributed by atoms with Crippen molar-refractivity contribution in [2.24, 2.45) is 0 Å². The summed E-state index contributed by atoms with van der Waals surface area (Å²) in [6.07, 6.45) is 1.80. The molecule has 1 heterocycles. The quantitative estimate of drug-likeness (QED) is 0.873. The molecule has 106 valence electrons. The second kappa shape index (κ2) is 7.12. The Labute approximate surface area is 120 Å². The van der Waals surface area contributed by atoms with Crippen molar-refractivity contribution in [1.29, 1.82) is 0 Å². The minimum Gasteiger partial charge on any atom is -0.307 e. The molecule has 0 aliphatic heterocycles. The van der Waals surface area contributed by atoms with Gasteiger partial charge in [0.05, 0.1) is 5.69 Å². The molecule has 0 bridgehead atoms. The van der Waals surface area contributed by atoms with E-state index < -0.39 is 0 Å². The maximum absolute atomic E-state index is 4.39. The van der Waals surface area contributed by atoms with Gasteiger partial charge in [-0.3, -0.25) is 0 Å². The average Bonchev–Trinajstić information content (AvgIpc) is 2.40. The summed E-state index contributed by atoms with van der Waals surface area (Å²) in [6.45, 7) is 4.49. The average molecular weight is 270 g/mol. The van der Waals surface area contributed by atoms with E-state index in [9.17, 15) is 0 Å². The molecule has 4 nitrogen and oxygen atoms in total. The van der Waals surface area contributed by atoms with Crippen LogP contribution in [0.3, 0.4) is 0 Å². The van der Waals surface area contributed by atoms with Crippen LogP contribution in [-0.2, 0) is 19.6 Å². The molecule has 0 aliphatic carbocycles. The molecule has 20 heavy (non-hydrogen) atoms. The number of hydrogen-bond acceptors (Lipinski definition) is 4. The van der Waals surface area contributed by atoms with Gasteiger partial charge in [0.1, 0.15) is 5.82 Å². The van der Waals surface area contributed by atoms with Crippen molar-refractivity contribution in [2.45, 2.75) is 26.6 Å². The summed E-state index contributed by atoms with van der Waals surface area (Å²) in [5.41, 5.74) is 3.73. The highest BCUT2D eigenvalue weighted by molar-refractivity contribution is 5.27. The van der Waals surface area contributed by atoms with Crippen LogP contribution in [0.25, 0.3) is 0 Å². The van der Waals surface area contributed by atoms with E-state index in [1.165, 1.54) is 11.1 Å². The Morgan fingerprint density at radius 2 is 1.80 bits per heavy atom. The number of nitrogens with zero attached hydrogens (tertiary/aromatic N) is 3. The first-order chi connectivity index (χ1) is 9.65. The zero-order valence-electron chi connectivity index (χ0n) is 12.4. The lowest BCUT2D eigenvalue weighted by molar-refractivity contribution is 0.400. The molecule has 1 aromatic heterocycles. The standard InChI is InChI=1S/C16H22N4/c1-13-18-9-8-16(19-13)11-17-10-14-6-4-5-7-15(14)12-20(2)3/h4-9,17H,10-12H2,1-3H3. The lowest BCUT2D eigenvalue weighted by Crippen LogP contribution is -2.17. The molecule has 1 aromatic carbocycles. The first kappa shape index (κ1) is 14.6. The van der Waals surface area contributed by atoms with Crippen LogP contribution in [0.15, 0.2) is 36.5 Å². The molecule has 4 heteroatoms. The summed E-state index contributed by atoms with van der Waals surface area (Å²) in [4.78, 5) is 10.7. The van der Waals surface area contributed by atoms with E-state index in [1.54, 1.807) is 6.20 Å². The van der Waals surface area contributed by atoms with Gasteiger partial charge in [0.25, 0.3) is 0 Å². The van der Waals surface area contributed by atoms with E-state index in [0.29, 0.717) is 0 Å². The number of nitrogens with one attached hydrogen (secondary N) is 1. The lowest BCUT2D eigenvalue weighted by atomic mass is 10.1. The number of aromatic nitrogens is 2. The van der Waals surface area contributed by atoms with Gasteiger partial charge in [-0.05, 0) is 38.2 Å². The van der Waals surface area contributed by atoms with Crippen molar-refractivity contribution >= 4 is 0 Å². The van der Waals surface area contributed by atoms with Gasteiger partial charge < -0.3 is 10.2 Å². The molecule has 1 N–H and O–H groups in total. The van der Waals surface area contributed by atoms with Crippen LogP contribution in [0.5, 0.6) is 0 Å². The van der Waals surface area contributed by atoms with Crippen molar-refractivity contribution in [1.82, 2.24) is 20.2 Å². The summed E-state index contributed by atoms with van der Waals surface area (Å²) >= 11 is 0. The Kier molecular flexibility index (Phi) is 5.21. The minimum atomic E-state index is 0.764. The maximum Gasteiger partial charge on any atom is 0.125 e. The van der Waals surface area contributed by atoms with E-state index in [2.05, 4.69) is 58.5 Å². The highest BCUT2D eigenvalue weighted by Crippen LogP contribution is 2.10. The number of rotatable bonds is 6. The van der Waals surface area contributed by atoms with Crippen molar-refractivity contribution < 1.29 is 0 Å². The van der Waals surface area contributed by atoms with Crippen molar-refractivity contribution in [3.05, 3.63) is 59.2 Å². The smallest absolute Gasteiger partial charge is 0.125 e. The molecule has 0 atom stereocenters. The molecule has 0 fully saturated rings. The molecular weight excluding hydrogens is 248 g/mol. The van der Waals surface area contributed by atoms with Crippen molar-refractivity contribution in [2.75, 3.05) is 14.1 Å². The summed E-state index contributed by atoms with van der Waals surface area (Å²) < 4.78 is 0. The molecule has 2 aromatic rings. The first-order valence-electron chi connectivity index (χ1n) is 6.86. The number of hydrogen-bond donors (Lipinski definition) is 1. The predicted molar refractivity (Wildman–Crippen MR) is 81.1 cm³/mol. The normalized spacial score (nSPS) is 11.0. The number of benzene rings is 1. The van der Waals surface area contributed by atoms with E-state index in [0.717, 1.165) is 31.2 Å². The van der Waals surface area contributed by atoms with Gasteiger partial charge in [-0.25, -0.2) is 9.97 Å². The van der Waals surface area contributed by atoms with Gasteiger partial charge in [0.15, 0.2) is 0 Å². The third-order valence-electron chi connectivity index (χ3n) is 3.06. The van der Waals surface area contributed by atoms with Crippen molar-refractivity contribution in [3.8, 4) is 0 Å². The third-order valence-corrected chi connectivity index (χ3v) is 3.06. The zero-order valence-corrected chi connectivity index (χ0v) is 12.4. The second-order valence-corrected chi connectivity index (χ2v) is 5.21. The Morgan fingerprint density at radius 1 is 1.05 bits per heavy atom. The van der Waals surface area contributed by atoms with Gasteiger partial charge >= 0.3 is 0 Å².